The van der Waals surface area contributed by atoms with E-state index >= 15 is 0 Å². The van der Waals surface area contributed by atoms with Crippen molar-refractivity contribution < 1.29 is 17.6 Å². The SMILES string of the molecule is Cc1cc(-c2ccccc2)cc(C(=O)CNS(=O)(=O)C2CCN(Cc3ccccc3Cl)C2)c1F. The summed E-state index contributed by atoms with van der Waals surface area (Å²) in [7, 11) is -3.75. The Kier molecular flexibility index (Phi) is 7.48. The summed E-state index contributed by atoms with van der Waals surface area (Å²) in [6, 6.07) is 20.0. The lowest BCUT2D eigenvalue weighted by Crippen LogP contribution is -2.39. The summed E-state index contributed by atoms with van der Waals surface area (Å²) in [6.07, 6.45) is 0.449. The molecule has 3 aromatic carbocycles. The van der Waals surface area contributed by atoms with Gasteiger partial charge in [0, 0.05) is 18.1 Å². The summed E-state index contributed by atoms with van der Waals surface area (Å²) in [4.78, 5) is 14.8. The lowest BCUT2D eigenvalue weighted by atomic mass is 9.98. The quantitative estimate of drug-likeness (QED) is 0.450. The van der Waals surface area contributed by atoms with Gasteiger partial charge < -0.3 is 0 Å². The maximum Gasteiger partial charge on any atom is 0.216 e. The molecule has 1 aliphatic heterocycles. The van der Waals surface area contributed by atoms with Crippen molar-refractivity contribution in [2.24, 2.45) is 0 Å². The zero-order chi connectivity index (χ0) is 24.3. The summed E-state index contributed by atoms with van der Waals surface area (Å²) < 4.78 is 42.9. The maximum absolute atomic E-state index is 14.7. The van der Waals surface area contributed by atoms with Crippen LogP contribution in [0.15, 0.2) is 66.7 Å². The number of likely N-dealkylation sites (tertiary alicyclic amines) is 1. The standard InChI is InChI=1S/C26H26ClFN2O3S/c1-18-13-21(19-7-3-2-4-8-19)14-23(26(18)28)25(31)15-29-34(32,33)22-11-12-30(17-22)16-20-9-5-6-10-24(20)27/h2-10,13-14,22,29H,11-12,15-17H2,1H3. The number of sulfonamides is 1. The number of ketones is 1. The average Bonchev–Trinajstić information content (AvgIpc) is 3.31. The van der Waals surface area contributed by atoms with Gasteiger partial charge in [0.2, 0.25) is 10.0 Å². The van der Waals surface area contributed by atoms with Crippen molar-refractivity contribution in [2.45, 2.75) is 25.1 Å². The minimum absolute atomic E-state index is 0.117. The van der Waals surface area contributed by atoms with Crippen LogP contribution in [0.1, 0.15) is 27.9 Å². The second-order valence-electron chi connectivity index (χ2n) is 8.55. The van der Waals surface area contributed by atoms with E-state index in [9.17, 15) is 17.6 Å². The van der Waals surface area contributed by atoms with Crippen molar-refractivity contribution in [2.75, 3.05) is 19.6 Å². The molecule has 0 amide bonds. The Morgan fingerprint density at radius 2 is 1.79 bits per heavy atom. The van der Waals surface area contributed by atoms with Gasteiger partial charge in [-0.1, -0.05) is 60.1 Å². The van der Waals surface area contributed by atoms with Gasteiger partial charge in [-0.25, -0.2) is 17.5 Å². The number of hydrogen-bond acceptors (Lipinski definition) is 4. The van der Waals surface area contributed by atoms with Gasteiger partial charge in [-0.3, -0.25) is 9.69 Å². The highest BCUT2D eigenvalue weighted by atomic mass is 35.5. The molecular weight excluding hydrogens is 475 g/mol. The molecule has 178 valence electrons. The van der Waals surface area contributed by atoms with Gasteiger partial charge in [0.1, 0.15) is 5.82 Å². The molecule has 0 aliphatic carbocycles. The van der Waals surface area contributed by atoms with Crippen molar-refractivity contribution in [1.29, 1.82) is 0 Å². The number of benzene rings is 3. The fourth-order valence-electron chi connectivity index (χ4n) is 4.21. The maximum atomic E-state index is 14.7. The Labute approximate surface area is 204 Å². The van der Waals surface area contributed by atoms with Crippen molar-refractivity contribution in [3.63, 3.8) is 0 Å². The third-order valence-electron chi connectivity index (χ3n) is 6.12. The van der Waals surface area contributed by atoms with Gasteiger partial charge in [0.15, 0.2) is 5.78 Å². The Balaban J connectivity index is 1.42. The van der Waals surface area contributed by atoms with Crippen molar-refractivity contribution in [1.82, 2.24) is 9.62 Å². The van der Waals surface area contributed by atoms with Crippen LogP contribution >= 0.6 is 11.6 Å². The Morgan fingerprint density at radius 3 is 2.53 bits per heavy atom. The van der Waals surface area contributed by atoms with Gasteiger partial charge >= 0.3 is 0 Å². The first-order chi connectivity index (χ1) is 16.2. The molecule has 1 unspecified atom stereocenters. The van der Waals surface area contributed by atoms with E-state index in [2.05, 4.69) is 4.72 Å². The highest BCUT2D eigenvalue weighted by Crippen LogP contribution is 2.26. The molecule has 34 heavy (non-hydrogen) atoms. The molecule has 3 aromatic rings. The van der Waals surface area contributed by atoms with Crippen LogP contribution < -0.4 is 4.72 Å². The topological polar surface area (TPSA) is 66.5 Å². The number of hydrogen-bond donors (Lipinski definition) is 1. The molecular formula is C26H26ClFN2O3S. The molecule has 5 nitrogen and oxygen atoms in total. The van der Waals surface area contributed by atoms with Gasteiger partial charge in [-0.05, 0) is 60.3 Å². The molecule has 4 rings (SSSR count). The molecule has 0 radical (unpaired) electrons. The van der Waals surface area contributed by atoms with E-state index in [1.165, 1.54) is 6.07 Å². The van der Waals surface area contributed by atoms with Crippen LogP contribution in [-0.4, -0.2) is 44.0 Å². The number of nitrogens with zero attached hydrogens (tertiary/aromatic N) is 1. The zero-order valence-corrected chi connectivity index (χ0v) is 20.4. The molecule has 1 N–H and O–H groups in total. The molecule has 1 heterocycles. The largest absolute Gasteiger partial charge is 0.298 e. The van der Waals surface area contributed by atoms with Crippen LogP contribution in [0.3, 0.4) is 0 Å². The van der Waals surface area contributed by atoms with E-state index < -0.39 is 33.4 Å². The van der Waals surface area contributed by atoms with Gasteiger partial charge in [-0.15, -0.1) is 0 Å². The molecule has 1 saturated heterocycles. The number of aryl methyl sites for hydroxylation is 1. The van der Waals surface area contributed by atoms with E-state index in [0.29, 0.717) is 42.2 Å². The Morgan fingerprint density at radius 1 is 1.09 bits per heavy atom. The minimum Gasteiger partial charge on any atom is -0.298 e. The number of carbonyl (C=O) groups excluding carboxylic acids is 1. The minimum atomic E-state index is -3.75. The van der Waals surface area contributed by atoms with E-state index in [-0.39, 0.29) is 5.56 Å². The third-order valence-corrected chi connectivity index (χ3v) is 8.29. The predicted octanol–water partition coefficient (Wildman–Crippen LogP) is 4.83. The molecule has 8 heteroatoms. The molecule has 0 bridgehead atoms. The first-order valence-corrected chi connectivity index (χ1v) is 13.0. The zero-order valence-electron chi connectivity index (χ0n) is 18.8. The summed E-state index contributed by atoms with van der Waals surface area (Å²) in [5.41, 5.74) is 2.71. The molecule has 1 fully saturated rings. The highest BCUT2D eigenvalue weighted by molar-refractivity contribution is 7.90. The summed E-state index contributed by atoms with van der Waals surface area (Å²) in [6.45, 7) is 2.61. The van der Waals surface area contributed by atoms with Crippen LogP contribution in [0.25, 0.3) is 11.1 Å². The monoisotopic (exact) mass is 500 g/mol. The number of nitrogens with one attached hydrogen (secondary N) is 1. The first-order valence-electron chi connectivity index (χ1n) is 11.1. The Hall–Kier alpha value is -2.58. The number of Topliss-reactive ketones (excluding diaryl/α,β-unsaturated/α-hetero) is 1. The Bertz CT molecular complexity index is 1300. The van der Waals surface area contributed by atoms with Crippen LogP contribution in [-0.2, 0) is 16.6 Å². The molecule has 0 spiro atoms. The van der Waals surface area contributed by atoms with E-state index in [1.54, 1.807) is 13.0 Å². The number of halogens is 2. The number of carbonyl (C=O) groups is 1. The second-order valence-corrected chi connectivity index (χ2v) is 11.0. The number of rotatable bonds is 8. The van der Waals surface area contributed by atoms with Crippen LogP contribution in [0.5, 0.6) is 0 Å². The van der Waals surface area contributed by atoms with Crippen molar-refractivity contribution in [3.05, 3.63) is 94.3 Å². The fraction of sp³-hybridized carbons (Fsp3) is 0.269. The smallest absolute Gasteiger partial charge is 0.216 e. The molecule has 0 aromatic heterocycles. The van der Waals surface area contributed by atoms with Crippen LogP contribution in [0.2, 0.25) is 5.02 Å². The summed E-state index contributed by atoms with van der Waals surface area (Å²) in [5.74, 6) is -1.23. The first kappa shape index (κ1) is 24.5. The van der Waals surface area contributed by atoms with Crippen molar-refractivity contribution in [3.8, 4) is 11.1 Å². The second kappa shape index (κ2) is 10.4. The van der Waals surface area contributed by atoms with Crippen LogP contribution in [0.4, 0.5) is 4.39 Å². The molecule has 0 saturated carbocycles. The molecule has 1 aliphatic rings. The van der Waals surface area contributed by atoms with Gasteiger partial charge in [0.05, 0.1) is 17.4 Å². The van der Waals surface area contributed by atoms with Gasteiger partial charge in [-0.2, -0.15) is 0 Å². The summed E-state index contributed by atoms with van der Waals surface area (Å²) in [5, 5.41) is -0.00222. The lowest BCUT2D eigenvalue weighted by Gasteiger charge is -2.17. The van der Waals surface area contributed by atoms with E-state index in [0.717, 1.165) is 11.1 Å². The molecule has 1 atom stereocenters. The van der Waals surface area contributed by atoms with E-state index in [1.807, 2.05) is 59.5 Å². The van der Waals surface area contributed by atoms with Crippen molar-refractivity contribution >= 4 is 27.4 Å². The average molecular weight is 501 g/mol. The fourth-order valence-corrected chi connectivity index (χ4v) is 5.80. The van der Waals surface area contributed by atoms with Crippen LogP contribution in [0, 0.1) is 12.7 Å². The van der Waals surface area contributed by atoms with E-state index in [4.69, 9.17) is 11.6 Å². The van der Waals surface area contributed by atoms with Gasteiger partial charge in [0.25, 0.3) is 0 Å². The summed E-state index contributed by atoms with van der Waals surface area (Å²) >= 11 is 6.22. The normalized spacial score (nSPS) is 16.6. The predicted molar refractivity (Wildman–Crippen MR) is 133 cm³/mol. The third kappa shape index (κ3) is 5.55. The highest BCUT2D eigenvalue weighted by Gasteiger charge is 2.33. The lowest BCUT2D eigenvalue weighted by molar-refractivity contribution is 0.0993.